The predicted molar refractivity (Wildman–Crippen MR) is 134 cm³/mol. The molecule has 1 aliphatic heterocycles. The van der Waals surface area contributed by atoms with Gasteiger partial charge in [-0.3, -0.25) is 14.5 Å². The average molecular weight is 471 g/mol. The number of aryl methyl sites for hydroxylation is 1. The summed E-state index contributed by atoms with van der Waals surface area (Å²) in [4.78, 5) is 28.5. The number of amides is 1. The molecular weight excluding hydrogens is 443 g/mol. The lowest BCUT2D eigenvalue weighted by molar-refractivity contribution is -0.117. The Morgan fingerprint density at radius 2 is 1.69 bits per heavy atom. The second-order valence-corrected chi connectivity index (χ2v) is 9.18. The monoisotopic (exact) mass is 470 g/mol. The maximum atomic E-state index is 13.8. The molecule has 0 radical (unpaired) electrons. The summed E-state index contributed by atoms with van der Waals surface area (Å²) in [6.45, 7) is 3.47. The van der Waals surface area contributed by atoms with Crippen molar-refractivity contribution in [2.24, 2.45) is 0 Å². The molecule has 0 saturated carbocycles. The number of fused-ring (bicyclic) bond motifs is 1. The molecule has 1 N–H and O–H groups in total. The summed E-state index contributed by atoms with van der Waals surface area (Å²) >= 11 is 0. The molecule has 3 aromatic rings. The summed E-state index contributed by atoms with van der Waals surface area (Å²) in [6, 6.07) is 19.1. The van der Waals surface area contributed by atoms with Crippen molar-refractivity contribution >= 4 is 23.1 Å². The quantitative estimate of drug-likeness (QED) is 0.505. The molecule has 178 valence electrons. The Morgan fingerprint density at radius 1 is 1.00 bits per heavy atom. The molecule has 5 nitrogen and oxygen atoms in total. The number of carbonyl (C=O) groups excluding carboxylic acids is 2. The lowest BCUT2D eigenvalue weighted by Crippen LogP contribution is -2.37. The second-order valence-electron chi connectivity index (χ2n) is 9.18. The van der Waals surface area contributed by atoms with Crippen LogP contribution in [-0.4, -0.2) is 18.8 Å². The van der Waals surface area contributed by atoms with E-state index in [0.717, 1.165) is 28.3 Å². The first-order valence-corrected chi connectivity index (χ1v) is 11.7. The third-order valence-electron chi connectivity index (χ3n) is 6.85. The summed E-state index contributed by atoms with van der Waals surface area (Å²) in [5.74, 6) is 0.179. The molecule has 6 heteroatoms. The largest absolute Gasteiger partial charge is 0.497 e. The molecule has 3 aromatic carbocycles. The van der Waals surface area contributed by atoms with E-state index in [-0.39, 0.29) is 23.4 Å². The highest BCUT2D eigenvalue weighted by Gasteiger charge is 2.40. The predicted octanol–water partition coefficient (Wildman–Crippen LogP) is 6.06. The number of anilines is 2. The van der Waals surface area contributed by atoms with Gasteiger partial charge in [-0.25, -0.2) is 4.39 Å². The van der Waals surface area contributed by atoms with Crippen LogP contribution in [0.3, 0.4) is 0 Å². The van der Waals surface area contributed by atoms with Crippen molar-refractivity contribution < 1.29 is 18.7 Å². The zero-order chi connectivity index (χ0) is 24.7. The minimum Gasteiger partial charge on any atom is -0.497 e. The normalized spacial score (nSPS) is 19.4. The zero-order valence-corrected chi connectivity index (χ0v) is 20.0. The van der Waals surface area contributed by atoms with E-state index in [1.807, 2.05) is 49.4 Å². The number of rotatable bonds is 3. The smallest absolute Gasteiger partial charge is 0.224 e. The van der Waals surface area contributed by atoms with E-state index in [0.29, 0.717) is 29.7 Å². The lowest BCUT2D eigenvalue weighted by atomic mass is 9.78. The van der Waals surface area contributed by atoms with Crippen molar-refractivity contribution in [1.82, 2.24) is 0 Å². The maximum Gasteiger partial charge on any atom is 0.224 e. The van der Waals surface area contributed by atoms with E-state index in [4.69, 9.17) is 4.74 Å². The second kappa shape index (κ2) is 9.02. The van der Waals surface area contributed by atoms with E-state index < -0.39 is 6.04 Å². The lowest BCUT2D eigenvalue weighted by Gasteiger charge is -2.34. The van der Waals surface area contributed by atoms with Gasteiger partial charge in [0.1, 0.15) is 11.6 Å². The number of allylic oxidation sites excluding steroid dienone is 1. The van der Waals surface area contributed by atoms with E-state index in [9.17, 15) is 14.0 Å². The Morgan fingerprint density at radius 3 is 2.34 bits per heavy atom. The van der Waals surface area contributed by atoms with Crippen LogP contribution < -0.4 is 15.0 Å². The number of carbonyl (C=O) groups is 2. The van der Waals surface area contributed by atoms with Crippen molar-refractivity contribution in [3.05, 3.63) is 101 Å². The fourth-order valence-electron chi connectivity index (χ4n) is 5.17. The number of ether oxygens (including phenoxy) is 1. The molecule has 1 aliphatic carbocycles. The van der Waals surface area contributed by atoms with Gasteiger partial charge in [-0.05, 0) is 72.4 Å². The van der Waals surface area contributed by atoms with E-state index >= 15 is 0 Å². The van der Waals surface area contributed by atoms with E-state index in [1.165, 1.54) is 19.1 Å². The van der Waals surface area contributed by atoms with E-state index in [1.54, 1.807) is 24.1 Å². The molecule has 0 aromatic heterocycles. The highest BCUT2D eigenvalue weighted by molar-refractivity contribution is 6.06. The van der Waals surface area contributed by atoms with Gasteiger partial charge in [0.2, 0.25) is 5.91 Å². The summed E-state index contributed by atoms with van der Waals surface area (Å²) in [6.07, 6.45) is 0.940. The highest BCUT2D eigenvalue weighted by atomic mass is 19.1. The van der Waals surface area contributed by atoms with Gasteiger partial charge in [-0.2, -0.15) is 0 Å². The van der Waals surface area contributed by atoms with Crippen LogP contribution >= 0.6 is 0 Å². The standard InChI is InChI=1S/C29H27FN2O3/c1-17-4-13-24-26(14-17)32(18(2)33)29(20-5-9-22(30)10-6-20)28-25(31-24)15-21(16-27(28)34)19-7-11-23(35-3)12-8-19/h4-14,21,29,31H,15-16H2,1-3H3/t21-,29-/m0/s1. The molecule has 35 heavy (non-hydrogen) atoms. The molecule has 0 saturated heterocycles. The molecule has 1 heterocycles. The number of ketones is 1. The molecule has 0 bridgehead atoms. The van der Waals surface area contributed by atoms with Crippen LogP contribution in [0.25, 0.3) is 0 Å². The molecular formula is C29H27FN2O3. The molecule has 2 atom stereocenters. The Labute approximate surface area is 204 Å². The van der Waals surface area contributed by atoms with Gasteiger partial charge < -0.3 is 10.1 Å². The highest BCUT2D eigenvalue weighted by Crippen LogP contribution is 2.47. The average Bonchev–Trinajstić information content (AvgIpc) is 2.99. The van der Waals surface area contributed by atoms with E-state index in [2.05, 4.69) is 5.32 Å². The zero-order valence-electron chi connectivity index (χ0n) is 20.0. The van der Waals surface area contributed by atoms with Crippen LogP contribution in [0.1, 0.15) is 48.4 Å². The molecule has 0 fully saturated rings. The van der Waals surface area contributed by atoms with Crippen molar-refractivity contribution in [3.8, 4) is 5.75 Å². The van der Waals surface area contributed by atoms with Gasteiger partial charge in [0.25, 0.3) is 0 Å². The van der Waals surface area contributed by atoms with Gasteiger partial charge in [-0.1, -0.05) is 30.3 Å². The number of halogens is 1. The van der Waals surface area contributed by atoms with Crippen LogP contribution in [0.15, 0.2) is 78.0 Å². The van der Waals surface area contributed by atoms with Crippen LogP contribution in [0.2, 0.25) is 0 Å². The molecule has 0 spiro atoms. The fraction of sp³-hybridized carbons (Fsp3) is 0.241. The molecule has 0 unspecified atom stereocenters. The third kappa shape index (κ3) is 4.20. The molecule has 5 rings (SSSR count). The number of nitrogens with one attached hydrogen (secondary N) is 1. The maximum absolute atomic E-state index is 13.8. The number of hydrogen-bond donors (Lipinski definition) is 1. The molecule has 2 aliphatic rings. The number of nitrogens with zero attached hydrogens (tertiary/aromatic N) is 1. The van der Waals surface area contributed by atoms with Gasteiger partial charge in [0.15, 0.2) is 5.78 Å². The summed E-state index contributed by atoms with van der Waals surface area (Å²) in [5.41, 5.74) is 5.58. The molecule has 1 amide bonds. The number of benzene rings is 3. The number of hydrogen-bond acceptors (Lipinski definition) is 4. The van der Waals surface area contributed by atoms with Gasteiger partial charge >= 0.3 is 0 Å². The SMILES string of the molecule is COc1ccc([C@@H]2CC(=O)C3=C(C2)Nc2ccc(C)cc2N(C(C)=O)[C@H]3c2ccc(F)cc2)cc1. The first kappa shape index (κ1) is 22.8. The first-order valence-electron chi connectivity index (χ1n) is 11.7. The first-order chi connectivity index (χ1) is 16.9. The van der Waals surface area contributed by atoms with Crippen molar-refractivity contribution in [2.45, 2.75) is 38.6 Å². The van der Waals surface area contributed by atoms with Gasteiger partial charge in [-0.15, -0.1) is 0 Å². The summed E-state index contributed by atoms with van der Waals surface area (Å²) in [5, 5.41) is 3.50. The number of Topliss-reactive ketones (excluding diaryl/α,β-unsaturated/α-hetero) is 1. The van der Waals surface area contributed by atoms with Crippen LogP contribution in [0.4, 0.5) is 15.8 Å². The summed E-state index contributed by atoms with van der Waals surface area (Å²) < 4.78 is 19.1. The van der Waals surface area contributed by atoms with Gasteiger partial charge in [0, 0.05) is 24.6 Å². The Balaban J connectivity index is 1.67. The van der Waals surface area contributed by atoms with Crippen LogP contribution in [0.5, 0.6) is 5.75 Å². The summed E-state index contributed by atoms with van der Waals surface area (Å²) in [7, 11) is 1.63. The number of methoxy groups -OCH3 is 1. The van der Waals surface area contributed by atoms with Gasteiger partial charge in [0.05, 0.1) is 24.5 Å². The van der Waals surface area contributed by atoms with Crippen molar-refractivity contribution in [2.75, 3.05) is 17.3 Å². The Kier molecular flexibility index (Phi) is 5.89. The van der Waals surface area contributed by atoms with Crippen molar-refractivity contribution in [3.63, 3.8) is 0 Å². The van der Waals surface area contributed by atoms with Crippen molar-refractivity contribution in [1.29, 1.82) is 0 Å². The minimum absolute atomic E-state index is 0.00806. The third-order valence-corrected chi connectivity index (χ3v) is 6.85. The van der Waals surface area contributed by atoms with Crippen LogP contribution in [-0.2, 0) is 9.59 Å². The Bertz CT molecular complexity index is 1330. The Hall–Kier alpha value is -3.93. The minimum atomic E-state index is -0.650. The topological polar surface area (TPSA) is 58.6 Å². The fourth-order valence-corrected chi connectivity index (χ4v) is 5.17. The van der Waals surface area contributed by atoms with Crippen LogP contribution in [0, 0.1) is 12.7 Å².